The minimum absolute atomic E-state index is 0.0625. The van der Waals surface area contributed by atoms with Crippen molar-refractivity contribution in [2.24, 2.45) is 0 Å². The molecule has 0 aliphatic heterocycles. The van der Waals surface area contributed by atoms with Crippen molar-refractivity contribution in [2.45, 2.75) is 42.7 Å². The first-order valence-electron chi connectivity index (χ1n) is 13.2. The van der Waals surface area contributed by atoms with Crippen molar-refractivity contribution in [1.29, 1.82) is 0 Å². The third-order valence-electron chi connectivity index (χ3n) is 3.03. The SMILES string of the molecule is C=C.C=C.C=C.C=C(C(F)(F)F)C(F)(F)F.C=CC(F)(F)F.C=COCC(F)(F)CF.C=COCC(F)(F)CF.C=COCCC(F)(F)CF.CF.CF.CF. The predicted molar refractivity (Wildman–Crippen MR) is 178 cm³/mol. The van der Waals surface area contributed by atoms with Gasteiger partial charge in [-0.2, -0.15) is 57.1 Å². The minimum atomic E-state index is -5.38. The molecule has 0 aromatic rings. The van der Waals surface area contributed by atoms with E-state index in [-0.39, 0.29) is 12.7 Å². The van der Waals surface area contributed by atoms with Crippen LogP contribution in [0.3, 0.4) is 0 Å². The van der Waals surface area contributed by atoms with Gasteiger partial charge in [-0.1, -0.05) is 32.9 Å². The van der Waals surface area contributed by atoms with Gasteiger partial charge in [0.1, 0.15) is 5.57 Å². The van der Waals surface area contributed by atoms with E-state index in [9.17, 15) is 92.2 Å². The first kappa shape index (κ1) is 80.3. The molecule has 0 heterocycles. The first-order chi connectivity index (χ1) is 25.6. The molecule has 0 aliphatic carbocycles. The van der Waals surface area contributed by atoms with Gasteiger partial charge in [0.05, 0.1) is 46.9 Å². The van der Waals surface area contributed by atoms with Crippen LogP contribution in [-0.2, 0) is 14.2 Å². The summed E-state index contributed by atoms with van der Waals surface area (Å²) in [6.45, 7) is 24.5. The Hall–Kier alpha value is -4.15. The molecule has 0 saturated carbocycles. The van der Waals surface area contributed by atoms with Crippen LogP contribution in [-0.4, -0.2) is 97.7 Å². The summed E-state index contributed by atoms with van der Waals surface area (Å²) in [6.07, 6.45) is -12.9. The van der Waals surface area contributed by atoms with Crippen LogP contribution in [0, 0.1) is 0 Å². The molecule has 0 radical (unpaired) electrons. The van der Waals surface area contributed by atoms with Gasteiger partial charge in [0.2, 0.25) is 0 Å². The zero-order valence-electron chi connectivity index (χ0n) is 30.7. The molecular weight excluding hydrogens is 831 g/mol. The molecule has 0 amide bonds. The molecule has 24 heteroatoms. The average molecular weight is 881 g/mol. The third kappa shape index (κ3) is 92.6. The Balaban J connectivity index is -0.0000000471. The van der Waals surface area contributed by atoms with Gasteiger partial charge in [-0.25, -0.2) is 22.0 Å². The fraction of sp³-hybridized carbons (Fsp3) is 0.500. The lowest BCUT2D eigenvalue weighted by atomic mass is 10.3. The number of ether oxygens (including phenoxy) is 3. The zero-order valence-corrected chi connectivity index (χ0v) is 30.7. The number of hydrogen-bond donors (Lipinski definition) is 0. The summed E-state index contributed by atoms with van der Waals surface area (Å²) >= 11 is 0. The summed E-state index contributed by atoms with van der Waals surface area (Å²) in [5.74, 6) is -9.98. The monoisotopic (exact) mass is 880 g/mol. The molecule has 0 bridgehead atoms. The smallest absolute Gasteiger partial charge is 0.420 e. The maximum atomic E-state index is 12.0. The summed E-state index contributed by atoms with van der Waals surface area (Å²) in [7, 11) is 1.50. The van der Waals surface area contributed by atoms with Crippen LogP contribution in [0.2, 0.25) is 0 Å². The van der Waals surface area contributed by atoms with Crippen molar-refractivity contribution in [3.63, 3.8) is 0 Å². The molecule has 0 rings (SSSR count). The Bertz CT molecular complexity index is 784. The lowest BCUT2D eigenvalue weighted by Gasteiger charge is -2.12. The molecular formula is C32H49F21O3. The first-order valence-corrected chi connectivity index (χ1v) is 13.2. The Kier molecular flexibility index (Phi) is 76.0. The molecule has 0 atom stereocenters. The van der Waals surface area contributed by atoms with E-state index in [4.69, 9.17) is 0 Å². The number of alkyl halides is 21. The van der Waals surface area contributed by atoms with Gasteiger partial charge >= 0.3 is 30.4 Å². The molecule has 56 heavy (non-hydrogen) atoms. The topological polar surface area (TPSA) is 27.7 Å². The second-order valence-electron chi connectivity index (χ2n) is 6.93. The van der Waals surface area contributed by atoms with Gasteiger partial charge in [0.15, 0.2) is 33.2 Å². The Morgan fingerprint density at radius 3 is 0.786 bits per heavy atom. The van der Waals surface area contributed by atoms with E-state index < -0.39 is 81.5 Å². The van der Waals surface area contributed by atoms with Crippen molar-refractivity contribution >= 4 is 0 Å². The summed E-state index contributed by atoms with van der Waals surface area (Å²) in [4.78, 5) is 0. The molecule has 0 N–H and O–H groups in total. The van der Waals surface area contributed by atoms with Gasteiger partial charge in [-0.05, 0) is 0 Å². The highest BCUT2D eigenvalue weighted by Crippen LogP contribution is 2.36. The summed E-state index contributed by atoms with van der Waals surface area (Å²) in [6, 6.07) is 0. The van der Waals surface area contributed by atoms with Crippen molar-refractivity contribution in [2.75, 3.05) is 61.4 Å². The average Bonchev–Trinajstić information content (AvgIpc) is 3.18. The van der Waals surface area contributed by atoms with E-state index in [1.807, 2.05) is 6.58 Å². The lowest BCUT2D eigenvalue weighted by molar-refractivity contribution is -0.171. The molecule has 0 aliphatic rings. The van der Waals surface area contributed by atoms with Crippen molar-refractivity contribution < 1.29 is 106 Å². The van der Waals surface area contributed by atoms with Crippen molar-refractivity contribution in [3.8, 4) is 0 Å². The Morgan fingerprint density at radius 2 is 0.661 bits per heavy atom. The third-order valence-corrected chi connectivity index (χ3v) is 3.03. The highest BCUT2D eigenvalue weighted by Gasteiger charge is 2.49. The molecule has 342 valence electrons. The van der Waals surface area contributed by atoms with Crippen molar-refractivity contribution in [1.82, 2.24) is 0 Å². The van der Waals surface area contributed by atoms with Crippen LogP contribution in [0.25, 0.3) is 0 Å². The molecule has 0 aromatic carbocycles. The van der Waals surface area contributed by atoms with Crippen LogP contribution in [0.4, 0.5) is 92.2 Å². The van der Waals surface area contributed by atoms with E-state index in [2.05, 4.69) is 80.0 Å². The number of hydrogen-bond acceptors (Lipinski definition) is 3. The highest BCUT2D eigenvalue weighted by molar-refractivity contribution is 5.09. The van der Waals surface area contributed by atoms with Crippen LogP contribution in [0.15, 0.2) is 103 Å². The lowest BCUT2D eigenvalue weighted by Crippen LogP contribution is -2.24. The number of allylic oxidation sites excluding steroid dienone is 2. The van der Waals surface area contributed by atoms with E-state index >= 15 is 0 Å². The summed E-state index contributed by atoms with van der Waals surface area (Å²) in [5.41, 5.74) is -2.68. The maximum Gasteiger partial charge on any atom is 0.420 e. The quantitative estimate of drug-likeness (QED) is 0.0798. The molecule has 0 spiro atoms. The molecule has 0 unspecified atom stereocenters. The molecule has 3 nitrogen and oxygen atoms in total. The second kappa shape index (κ2) is 53.0. The van der Waals surface area contributed by atoms with Crippen LogP contribution in [0.1, 0.15) is 6.42 Å². The normalized spacial score (nSPS) is 9.64. The summed E-state index contributed by atoms with van der Waals surface area (Å²) in [5, 5.41) is 0. The van der Waals surface area contributed by atoms with Gasteiger partial charge in [-0.3, -0.25) is 13.2 Å². The highest BCUT2D eigenvalue weighted by atomic mass is 19.4. The minimum Gasteiger partial charge on any atom is -0.502 e. The molecule has 0 fully saturated rings. The standard InChI is InChI=1S/C6H9F3O.2C5H7F3O.C4H2F6.C3H3F3.3C2H4.3CH3F/c1-2-10-4-3-6(8,9)5-7;2*1-2-9-4-5(7,8)3-6;1-2(3(5,6)7)4(8,9)10;1-2-3(4,5)6;6*1-2/h2H,1,3-5H2;2*2H,1,3-4H2;1H2;2H,1H2;3*1-2H2;3*1H3. The Morgan fingerprint density at radius 1 is 0.446 bits per heavy atom. The van der Waals surface area contributed by atoms with Crippen LogP contribution >= 0.6 is 0 Å². The zero-order chi connectivity index (χ0) is 48.5. The Labute approximate surface area is 313 Å². The van der Waals surface area contributed by atoms with E-state index in [1.54, 1.807) is 0 Å². The maximum absolute atomic E-state index is 12.0. The number of rotatable bonds is 13. The van der Waals surface area contributed by atoms with Gasteiger partial charge < -0.3 is 14.2 Å². The second-order valence-corrected chi connectivity index (χ2v) is 6.93. The van der Waals surface area contributed by atoms with Gasteiger partial charge in [0, 0.05) is 12.5 Å². The van der Waals surface area contributed by atoms with E-state index in [0.717, 1.165) is 18.8 Å². The van der Waals surface area contributed by atoms with Gasteiger partial charge in [0.25, 0.3) is 5.92 Å². The molecule has 0 saturated heterocycles. The largest absolute Gasteiger partial charge is 0.502 e. The van der Waals surface area contributed by atoms with E-state index in [0.29, 0.717) is 21.5 Å². The van der Waals surface area contributed by atoms with E-state index in [1.165, 1.54) is 0 Å². The number of halogens is 21. The van der Waals surface area contributed by atoms with Crippen LogP contribution in [0.5, 0.6) is 0 Å². The van der Waals surface area contributed by atoms with Crippen molar-refractivity contribution in [3.05, 3.63) is 103 Å². The predicted octanol–water partition coefficient (Wildman–Crippen LogP) is 14.2. The molecule has 0 aromatic heterocycles. The fourth-order valence-electron chi connectivity index (χ4n) is 0.958. The van der Waals surface area contributed by atoms with Gasteiger partial charge in [-0.15, -0.1) is 39.5 Å². The summed E-state index contributed by atoms with van der Waals surface area (Å²) < 4.78 is 245. The fourth-order valence-corrected chi connectivity index (χ4v) is 0.958. The van der Waals surface area contributed by atoms with Crippen LogP contribution < -0.4 is 0 Å².